The van der Waals surface area contributed by atoms with Crippen molar-refractivity contribution in [3.05, 3.63) is 46.8 Å². The molecule has 2 aromatic rings. The van der Waals surface area contributed by atoms with Gasteiger partial charge >= 0.3 is 0 Å². The summed E-state index contributed by atoms with van der Waals surface area (Å²) in [7, 11) is 0. The Bertz CT molecular complexity index is 570. The van der Waals surface area contributed by atoms with Gasteiger partial charge in [-0.1, -0.05) is 18.2 Å². The van der Waals surface area contributed by atoms with Gasteiger partial charge in [-0.05, 0) is 32.1 Å². The monoisotopic (exact) mass is 258 g/mol. The zero-order chi connectivity index (χ0) is 13.0. The van der Waals surface area contributed by atoms with Crippen molar-refractivity contribution >= 4 is 22.9 Å². The lowest BCUT2D eigenvalue weighted by Crippen LogP contribution is -2.07. The third-order valence-corrected chi connectivity index (χ3v) is 3.16. The van der Waals surface area contributed by atoms with E-state index >= 15 is 0 Å². The molecule has 1 N–H and O–H groups in total. The first-order valence-corrected chi connectivity index (χ1v) is 6.53. The van der Waals surface area contributed by atoms with Gasteiger partial charge in [0.25, 0.3) is 0 Å². The first-order valence-electron chi connectivity index (χ1n) is 5.65. The number of aryl methyl sites for hydroxylation is 1. The van der Waals surface area contributed by atoms with Crippen LogP contribution in [0.4, 0.5) is 5.69 Å². The van der Waals surface area contributed by atoms with Gasteiger partial charge in [0, 0.05) is 16.6 Å². The number of amides is 1. The maximum absolute atomic E-state index is 11.4. The topological polar surface area (TPSA) is 42.0 Å². The van der Waals surface area contributed by atoms with Crippen LogP contribution in [0.25, 0.3) is 11.3 Å². The van der Waals surface area contributed by atoms with Crippen LogP contribution >= 0.6 is 11.3 Å². The largest absolute Gasteiger partial charge is 0.323 e. The minimum atomic E-state index is -0.116. The van der Waals surface area contributed by atoms with Gasteiger partial charge in [0.1, 0.15) is 0 Å². The molecule has 92 valence electrons. The van der Waals surface area contributed by atoms with Crippen LogP contribution in [-0.2, 0) is 4.79 Å². The van der Waals surface area contributed by atoms with E-state index in [9.17, 15) is 4.79 Å². The fraction of sp³-hybridized carbons (Fsp3) is 0.143. The van der Waals surface area contributed by atoms with Gasteiger partial charge < -0.3 is 5.32 Å². The number of anilines is 1. The van der Waals surface area contributed by atoms with E-state index in [0.717, 1.165) is 22.0 Å². The standard InChI is InChI=1S/C14H14N2OS/c1-3-4-14(17)16-12-7-5-11(6-8-12)13-9-18-10(2)15-13/h3-9H,1-2H3,(H,16,17). The molecule has 1 aromatic carbocycles. The number of hydrogen-bond acceptors (Lipinski definition) is 3. The summed E-state index contributed by atoms with van der Waals surface area (Å²) in [5.74, 6) is -0.116. The van der Waals surface area contributed by atoms with E-state index in [0.29, 0.717) is 0 Å². The Kier molecular flexibility index (Phi) is 3.89. The van der Waals surface area contributed by atoms with E-state index < -0.39 is 0 Å². The highest BCUT2D eigenvalue weighted by Crippen LogP contribution is 2.22. The second kappa shape index (κ2) is 5.60. The summed E-state index contributed by atoms with van der Waals surface area (Å²) in [5.41, 5.74) is 2.82. The predicted octanol–water partition coefficient (Wildman–Crippen LogP) is 3.63. The van der Waals surface area contributed by atoms with Crippen LogP contribution in [0.15, 0.2) is 41.8 Å². The summed E-state index contributed by atoms with van der Waals surface area (Å²) in [6, 6.07) is 7.68. The Morgan fingerprint density at radius 3 is 2.61 bits per heavy atom. The molecule has 0 aliphatic heterocycles. The Hall–Kier alpha value is -1.94. The van der Waals surface area contributed by atoms with E-state index in [4.69, 9.17) is 0 Å². The van der Waals surface area contributed by atoms with Crippen molar-refractivity contribution in [2.45, 2.75) is 13.8 Å². The molecule has 0 radical (unpaired) electrons. The molecule has 0 spiro atoms. The Morgan fingerprint density at radius 2 is 2.06 bits per heavy atom. The smallest absolute Gasteiger partial charge is 0.248 e. The van der Waals surface area contributed by atoms with Gasteiger partial charge in [0.05, 0.1) is 10.7 Å². The van der Waals surface area contributed by atoms with E-state index in [-0.39, 0.29) is 5.91 Å². The molecule has 18 heavy (non-hydrogen) atoms. The number of nitrogens with one attached hydrogen (secondary N) is 1. The minimum absolute atomic E-state index is 0.116. The predicted molar refractivity (Wildman–Crippen MR) is 75.7 cm³/mol. The maximum atomic E-state index is 11.4. The number of benzene rings is 1. The molecule has 0 saturated carbocycles. The van der Waals surface area contributed by atoms with Crippen molar-refractivity contribution in [2.75, 3.05) is 5.32 Å². The normalized spacial score (nSPS) is 10.8. The van der Waals surface area contributed by atoms with Gasteiger partial charge in [-0.2, -0.15) is 0 Å². The number of carbonyl (C=O) groups is 1. The van der Waals surface area contributed by atoms with Crippen LogP contribution in [0.3, 0.4) is 0 Å². The van der Waals surface area contributed by atoms with Crippen LogP contribution < -0.4 is 5.32 Å². The van der Waals surface area contributed by atoms with Gasteiger partial charge in [-0.25, -0.2) is 4.98 Å². The molecule has 0 bridgehead atoms. The summed E-state index contributed by atoms with van der Waals surface area (Å²) in [5, 5.41) is 5.87. The SMILES string of the molecule is CC=CC(=O)Nc1ccc(-c2csc(C)n2)cc1. The maximum Gasteiger partial charge on any atom is 0.248 e. The molecule has 0 atom stereocenters. The average molecular weight is 258 g/mol. The van der Waals surface area contributed by atoms with Crippen LogP contribution in [0.5, 0.6) is 0 Å². The molecular weight excluding hydrogens is 244 g/mol. The molecule has 0 unspecified atom stereocenters. The molecule has 0 saturated heterocycles. The van der Waals surface area contributed by atoms with Gasteiger partial charge in [0.2, 0.25) is 5.91 Å². The summed E-state index contributed by atoms with van der Waals surface area (Å²) in [6.45, 7) is 3.80. The molecular formula is C14H14N2OS. The summed E-state index contributed by atoms with van der Waals surface area (Å²) in [6.07, 6.45) is 3.21. The number of thiazole rings is 1. The Balaban J connectivity index is 2.13. The van der Waals surface area contributed by atoms with Crippen molar-refractivity contribution in [1.82, 2.24) is 4.98 Å². The highest BCUT2D eigenvalue weighted by molar-refractivity contribution is 7.09. The summed E-state index contributed by atoms with van der Waals surface area (Å²) >= 11 is 1.63. The molecule has 1 aromatic heterocycles. The van der Waals surface area contributed by atoms with Gasteiger partial charge in [0.15, 0.2) is 0 Å². The van der Waals surface area contributed by atoms with Crippen molar-refractivity contribution < 1.29 is 4.79 Å². The van der Waals surface area contributed by atoms with Crippen LogP contribution in [0.2, 0.25) is 0 Å². The number of aromatic nitrogens is 1. The van der Waals surface area contributed by atoms with E-state index in [1.165, 1.54) is 6.08 Å². The van der Waals surface area contributed by atoms with Crippen molar-refractivity contribution in [2.24, 2.45) is 0 Å². The van der Waals surface area contributed by atoms with Crippen LogP contribution in [-0.4, -0.2) is 10.9 Å². The zero-order valence-electron chi connectivity index (χ0n) is 10.3. The van der Waals surface area contributed by atoms with Gasteiger partial charge in [-0.15, -0.1) is 11.3 Å². The number of nitrogens with zero attached hydrogens (tertiary/aromatic N) is 1. The quantitative estimate of drug-likeness (QED) is 0.854. The molecule has 2 rings (SSSR count). The summed E-state index contributed by atoms with van der Waals surface area (Å²) < 4.78 is 0. The molecule has 0 aliphatic carbocycles. The first kappa shape index (κ1) is 12.5. The van der Waals surface area contributed by atoms with E-state index in [2.05, 4.69) is 10.3 Å². The highest BCUT2D eigenvalue weighted by atomic mass is 32.1. The van der Waals surface area contributed by atoms with E-state index in [1.54, 1.807) is 17.4 Å². The van der Waals surface area contributed by atoms with Gasteiger partial charge in [-0.3, -0.25) is 4.79 Å². The van der Waals surface area contributed by atoms with Crippen LogP contribution in [0, 0.1) is 6.92 Å². The Labute approximate surface area is 110 Å². The molecule has 1 heterocycles. The molecule has 1 amide bonds. The second-order valence-electron chi connectivity index (χ2n) is 3.82. The lowest BCUT2D eigenvalue weighted by Gasteiger charge is -2.03. The molecule has 0 aliphatic rings. The Morgan fingerprint density at radius 1 is 1.33 bits per heavy atom. The number of rotatable bonds is 3. The number of carbonyl (C=O) groups excluding carboxylic acids is 1. The third kappa shape index (κ3) is 3.05. The van der Waals surface area contributed by atoms with Crippen molar-refractivity contribution in [3.63, 3.8) is 0 Å². The average Bonchev–Trinajstić information content (AvgIpc) is 2.77. The second-order valence-corrected chi connectivity index (χ2v) is 4.88. The first-order chi connectivity index (χ1) is 8.69. The van der Waals surface area contributed by atoms with Crippen molar-refractivity contribution in [3.8, 4) is 11.3 Å². The fourth-order valence-electron chi connectivity index (χ4n) is 1.56. The van der Waals surface area contributed by atoms with E-state index in [1.807, 2.05) is 43.5 Å². The third-order valence-electron chi connectivity index (χ3n) is 2.39. The van der Waals surface area contributed by atoms with Crippen LogP contribution in [0.1, 0.15) is 11.9 Å². The minimum Gasteiger partial charge on any atom is -0.323 e. The highest BCUT2D eigenvalue weighted by Gasteiger charge is 2.02. The summed E-state index contributed by atoms with van der Waals surface area (Å²) in [4.78, 5) is 15.8. The lowest BCUT2D eigenvalue weighted by molar-refractivity contribution is -0.111. The zero-order valence-corrected chi connectivity index (χ0v) is 11.1. The number of hydrogen-bond donors (Lipinski definition) is 1. The molecule has 3 nitrogen and oxygen atoms in total. The fourth-order valence-corrected chi connectivity index (χ4v) is 2.18. The molecule has 0 fully saturated rings. The molecule has 4 heteroatoms. The lowest BCUT2D eigenvalue weighted by atomic mass is 10.1. The van der Waals surface area contributed by atoms with Crippen molar-refractivity contribution in [1.29, 1.82) is 0 Å². The number of allylic oxidation sites excluding steroid dienone is 1.